The predicted octanol–water partition coefficient (Wildman–Crippen LogP) is 2.83. The highest BCUT2D eigenvalue weighted by Crippen LogP contribution is 2.21. The lowest BCUT2D eigenvalue weighted by Gasteiger charge is -2.26. The van der Waals surface area contributed by atoms with Crippen LogP contribution in [-0.4, -0.2) is 34.1 Å². The molecule has 0 aliphatic heterocycles. The number of likely N-dealkylation sites (N-methyl/N-ethyl adjacent to an activating group) is 1. The maximum atomic E-state index is 6.30. The molecule has 19 heavy (non-hydrogen) atoms. The van der Waals surface area contributed by atoms with E-state index in [2.05, 4.69) is 49.1 Å². The van der Waals surface area contributed by atoms with E-state index in [1.54, 1.807) is 0 Å². The fraction of sp³-hybridized carbons (Fsp3) is 0.800. The Hall–Kier alpha value is -0.870. The van der Waals surface area contributed by atoms with Gasteiger partial charge in [0.15, 0.2) is 0 Å². The van der Waals surface area contributed by atoms with E-state index in [9.17, 15) is 0 Å². The molecule has 0 aromatic carbocycles. The number of imidazole rings is 1. The molecule has 110 valence electrons. The minimum absolute atomic E-state index is 0.0849. The second-order valence-electron chi connectivity index (χ2n) is 5.80. The third-order valence-corrected chi connectivity index (χ3v) is 3.69. The topological polar surface area (TPSA) is 47.1 Å². The molecule has 1 heterocycles. The van der Waals surface area contributed by atoms with Gasteiger partial charge in [-0.2, -0.15) is 0 Å². The molecule has 0 aliphatic rings. The first-order valence-electron chi connectivity index (χ1n) is 7.49. The predicted molar refractivity (Wildman–Crippen MR) is 81.1 cm³/mol. The van der Waals surface area contributed by atoms with Crippen molar-refractivity contribution in [3.05, 3.63) is 18.2 Å². The van der Waals surface area contributed by atoms with Crippen molar-refractivity contribution in [2.75, 3.05) is 19.6 Å². The maximum absolute atomic E-state index is 6.30. The molecule has 0 spiro atoms. The first-order valence-corrected chi connectivity index (χ1v) is 7.49. The molecule has 1 rings (SSSR count). The average Bonchev–Trinajstić information content (AvgIpc) is 2.84. The van der Waals surface area contributed by atoms with Gasteiger partial charge in [-0.1, -0.05) is 27.7 Å². The monoisotopic (exact) mass is 266 g/mol. The summed E-state index contributed by atoms with van der Waals surface area (Å²) in [5.41, 5.74) is 7.46. The van der Waals surface area contributed by atoms with E-state index in [-0.39, 0.29) is 6.04 Å². The van der Waals surface area contributed by atoms with Crippen LogP contribution < -0.4 is 5.73 Å². The van der Waals surface area contributed by atoms with Gasteiger partial charge in [-0.3, -0.25) is 0 Å². The Morgan fingerprint density at radius 3 is 2.42 bits per heavy atom. The molecule has 0 amide bonds. The molecule has 0 bridgehead atoms. The van der Waals surface area contributed by atoms with Crippen molar-refractivity contribution in [1.29, 1.82) is 0 Å². The average molecular weight is 266 g/mol. The zero-order valence-corrected chi connectivity index (χ0v) is 13.1. The van der Waals surface area contributed by atoms with E-state index in [4.69, 9.17) is 5.73 Å². The molecular formula is C15H30N4. The fourth-order valence-electron chi connectivity index (χ4n) is 2.54. The summed E-state index contributed by atoms with van der Waals surface area (Å²) in [7, 11) is 0. The fourth-order valence-corrected chi connectivity index (χ4v) is 2.54. The summed E-state index contributed by atoms with van der Waals surface area (Å²) in [6.45, 7) is 14.3. The van der Waals surface area contributed by atoms with Gasteiger partial charge >= 0.3 is 0 Å². The van der Waals surface area contributed by atoms with Crippen LogP contribution in [0, 0.1) is 5.92 Å². The highest BCUT2D eigenvalue weighted by molar-refractivity contribution is 5.06. The van der Waals surface area contributed by atoms with Crippen LogP contribution in [0.5, 0.6) is 0 Å². The molecule has 0 radical (unpaired) electrons. The summed E-state index contributed by atoms with van der Waals surface area (Å²) in [5, 5.41) is 0. The minimum Gasteiger partial charge on any atom is -0.329 e. The van der Waals surface area contributed by atoms with Crippen LogP contribution in [0.15, 0.2) is 12.5 Å². The van der Waals surface area contributed by atoms with E-state index in [0.717, 1.165) is 31.7 Å². The molecule has 0 fully saturated rings. The zero-order chi connectivity index (χ0) is 14.4. The van der Waals surface area contributed by atoms with E-state index in [0.29, 0.717) is 12.0 Å². The number of rotatable bonds is 8. The third kappa shape index (κ3) is 4.62. The third-order valence-electron chi connectivity index (χ3n) is 3.69. The van der Waals surface area contributed by atoms with Crippen molar-refractivity contribution in [1.82, 2.24) is 14.5 Å². The summed E-state index contributed by atoms with van der Waals surface area (Å²) in [6.07, 6.45) is 4.85. The second kappa shape index (κ2) is 7.65. The zero-order valence-electron chi connectivity index (χ0n) is 13.1. The minimum atomic E-state index is 0.0849. The Kier molecular flexibility index (Phi) is 6.52. The summed E-state index contributed by atoms with van der Waals surface area (Å²) in [4.78, 5) is 6.73. The van der Waals surface area contributed by atoms with Gasteiger partial charge in [-0.15, -0.1) is 0 Å². The van der Waals surface area contributed by atoms with Gasteiger partial charge in [0.25, 0.3) is 0 Å². The van der Waals surface area contributed by atoms with Crippen LogP contribution in [-0.2, 0) is 0 Å². The van der Waals surface area contributed by atoms with Crippen LogP contribution >= 0.6 is 0 Å². The summed E-state index contributed by atoms with van der Waals surface area (Å²) < 4.78 is 2.24. The quantitative estimate of drug-likeness (QED) is 0.787. The van der Waals surface area contributed by atoms with Crippen molar-refractivity contribution in [3.63, 3.8) is 0 Å². The van der Waals surface area contributed by atoms with Crippen molar-refractivity contribution in [3.8, 4) is 0 Å². The largest absolute Gasteiger partial charge is 0.329 e. The summed E-state index contributed by atoms with van der Waals surface area (Å²) in [6, 6.07) is 0.497. The smallest absolute Gasteiger partial charge is 0.0951 e. The SMILES string of the molecule is CCN(CC)CC(C)n1cncc1C(N)CC(C)C. The van der Waals surface area contributed by atoms with Crippen molar-refractivity contribution < 1.29 is 0 Å². The second-order valence-corrected chi connectivity index (χ2v) is 5.80. The molecule has 0 aliphatic carbocycles. The summed E-state index contributed by atoms with van der Waals surface area (Å²) in [5.74, 6) is 0.608. The van der Waals surface area contributed by atoms with Gasteiger partial charge in [0.2, 0.25) is 0 Å². The van der Waals surface area contributed by atoms with Crippen LogP contribution in [0.1, 0.15) is 58.8 Å². The number of aromatic nitrogens is 2. The lowest BCUT2D eigenvalue weighted by atomic mass is 10.0. The lowest BCUT2D eigenvalue weighted by Crippen LogP contribution is -2.30. The standard InChI is InChI=1S/C15H30N4/c1-6-18(7-2)10-13(5)19-11-17-9-15(19)14(16)8-12(3)4/h9,11-14H,6-8,10,16H2,1-5H3. The Labute approximate surface area is 118 Å². The molecular weight excluding hydrogens is 236 g/mol. The molecule has 1 aromatic rings. The van der Waals surface area contributed by atoms with Crippen LogP contribution in [0.25, 0.3) is 0 Å². The Balaban J connectivity index is 2.75. The molecule has 2 atom stereocenters. The van der Waals surface area contributed by atoms with Gasteiger partial charge in [0.05, 0.1) is 12.0 Å². The van der Waals surface area contributed by atoms with Gasteiger partial charge < -0.3 is 15.2 Å². The Morgan fingerprint density at radius 1 is 1.26 bits per heavy atom. The van der Waals surface area contributed by atoms with E-state index >= 15 is 0 Å². The van der Waals surface area contributed by atoms with E-state index in [1.165, 1.54) is 0 Å². The number of hydrogen-bond acceptors (Lipinski definition) is 3. The van der Waals surface area contributed by atoms with Crippen molar-refractivity contribution >= 4 is 0 Å². The van der Waals surface area contributed by atoms with Gasteiger partial charge in [-0.05, 0) is 32.4 Å². The first kappa shape index (κ1) is 16.2. The van der Waals surface area contributed by atoms with Crippen molar-refractivity contribution in [2.45, 2.75) is 53.1 Å². The van der Waals surface area contributed by atoms with Crippen LogP contribution in [0.4, 0.5) is 0 Å². The Morgan fingerprint density at radius 2 is 1.89 bits per heavy atom. The molecule has 0 saturated heterocycles. The van der Waals surface area contributed by atoms with Crippen LogP contribution in [0.3, 0.4) is 0 Å². The first-order chi connectivity index (χ1) is 8.99. The lowest BCUT2D eigenvalue weighted by molar-refractivity contribution is 0.257. The van der Waals surface area contributed by atoms with Gasteiger partial charge in [-0.25, -0.2) is 4.98 Å². The molecule has 0 saturated carbocycles. The molecule has 2 unspecified atom stereocenters. The van der Waals surface area contributed by atoms with E-state index in [1.807, 2.05) is 12.5 Å². The van der Waals surface area contributed by atoms with Crippen molar-refractivity contribution in [2.24, 2.45) is 11.7 Å². The molecule has 4 nitrogen and oxygen atoms in total. The number of nitrogens with two attached hydrogens (primary N) is 1. The highest BCUT2D eigenvalue weighted by atomic mass is 15.2. The molecule has 2 N–H and O–H groups in total. The normalized spacial score (nSPS) is 15.2. The van der Waals surface area contributed by atoms with E-state index < -0.39 is 0 Å². The Bertz CT molecular complexity index is 355. The van der Waals surface area contributed by atoms with Gasteiger partial charge in [0.1, 0.15) is 0 Å². The number of nitrogens with zero attached hydrogens (tertiary/aromatic N) is 3. The molecule has 1 aromatic heterocycles. The maximum Gasteiger partial charge on any atom is 0.0951 e. The van der Waals surface area contributed by atoms with Gasteiger partial charge in [0, 0.05) is 24.8 Å². The number of hydrogen-bond donors (Lipinski definition) is 1. The van der Waals surface area contributed by atoms with Crippen LogP contribution in [0.2, 0.25) is 0 Å². The molecule has 4 heteroatoms. The summed E-state index contributed by atoms with van der Waals surface area (Å²) >= 11 is 0. The highest BCUT2D eigenvalue weighted by Gasteiger charge is 2.17.